The fourth-order valence-corrected chi connectivity index (χ4v) is 3.88. The molecule has 3 rings (SSSR count). The van der Waals surface area contributed by atoms with Gasteiger partial charge in [-0.25, -0.2) is 13.8 Å². The first-order chi connectivity index (χ1) is 13.8. The Balaban J connectivity index is 0.00000320. The fraction of sp³-hybridized carbons (Fsp3) is 0.263. The van der Waals surface area contributed by atoms with Crippen LogP contribution >= 0.6 is 23.7 Å². The molecule has 0 N–H and O–H groups in total. The molecule has 7 nitrogen and oxygen atoms in total. The number of para-hydroxylation sites is 1. The number of nitrogens with zero attached hydrogens (tertiary/aromatic N) is 4. The number of nitro groups is 1. The number of rotatable bonds is 7. The van der Waals surface area contributed by atoms with E-state index in [1.807, 2.05) is 19.0 Å². The number of fused-ring (bicyclic) bond motifs is 1. The van der Waals surface area contributed by atoms with E-state index in [1.54, 1.807) is 0 Å². The maximum atomic E-state index is 14.1. The van der Waals surface area contributed by atoms with Crippen molar-refractivity contribution in [1.82, 2.24) is 9.88 Å². The Morgan fingerprint density at radius 2 is 1.90 bits per heavy atom. The standard InChI is InChI=1S/C19H18F2N4O3S.ClH/c1-23(2)8-5-9-24(18(26)13-6-3-4-7-15(13)25(27)28)19-22-17-14(21)10-12(20)11-16(17)29-19;/h3-4,6-7,10-11H,5,8-9H2,1-2H3;1H. The molecular formula is C19H19ClF2N4O3S. The van der Waals surface area contributed by atoms with Crippen LogP contribution in [0.25, 0.3) is 10.2 Å². The van der Waals surface area contributed by atoms with Crippen molar-refractivity contribution in [2.45, 2.75) is 6.42 Å². The maximum absolute atomic E-state index is 14.1. The van der Waals surface area contributed by atoms with E-state index >= 15 is 0 Å². The van der Waals surface area contributed by atoms with Gasteiger partial charge in [0.05, 0.1) is 9.62 Å². The van der Waals surface area contributed by atoms with Crippen LogP contribution in [0, 0.1) is 21.7 Å². The van der Waals surface area contributed by atoms with Crippen LogP contribution in [-0.4, -0.2) is 47.9 Å². The summed E-state index contributed by atoms with van der Waals surface area (Å²) >= 11 is 0.960. The summed E-state index contributed by atoms with van der Waals surface area (Å²) in [5.74, 6) is -2.18. The van der Waals surface area contributed by atoms with Crippen LogP contribution in [-0.2, 0) is 0 Å². The van der Waals surface area contributed by atoms with Crippen molar-refractivity contribution >= 4 is 50.7 Å². The minimum atomic E-state index is -0.825. The van der Waals surface area contributed by atoms with Crippen LogP contribution in [0.4, 0.5) is 19.6 Å². The molecular weight excluding hydrogens is 438 g/mol. The van der Waals surface area contributed by atoms with E-state index in [9.17, 15) is 23.7 Å². The van der Waals surface area contributed by atoms with Crippen LogP contribution in [0.1, 0.15) is 16.8 Å². The first-order valence-electron chi connectivity index (χ1n) is 8.73. The molecule has 1 amide bonds. The number of anilines is 1. The Bertz CT molecular complexity index is 1080. The zero-order chi connectivity index (χ0) is 21.1. The minimum absolute atomic E-state index is 0. The number of hydrogen-bond acceptors (Lipinski definition) is 6. The Morgan fingerprint density at radius 3 is 2.57 bits per heavy atom. The molecule has 0 bridgehead atoms. The number of hydrogen-bond donors (Lipinski definition) is 0. The molecule has 0 spiro atoms. The van der Waals surface area contributed by atoms with E-state index in [2.05, 4.69) is 4.98 Å². The average Bonchev–Trinajstić information content (AvgIpc) is 3.08. The van der Waals surface area contributed by atoms with Crippen molar-refractivity contribution in [2.24, 2.45) is 0 Å². The summed E-state index contributed by atoms with van der Waals surface area (Å²) in [6.45, 7) is 0.877. The molecule has 0 aliphatic carbocycles. The van der Waals surface area contributed by atoms with E-state index in [0.717, 1.165) is 23.5 Å². The molecule has 1 aromatic heterocycles. The normalized spacial score (nSPS) is 10.8. The predicted octanol–water partition coefficient (Wildman–Crippen LogP) is 4.50. The van der Waals surface area contributed by atoms with Gasteiger partial charge in [0.25, 0.3) is 11.6 Å². The number of carbonyl (C=O) groups excluding carboxylic acids is 1. The first-order valence-corrected chi connectivity index (χ1v) is 9.55. The van der Waals surface area contributed by atoms with E-state index in [-0.39, 0.29) is 45.6 Å². The molecule has 0 aliphatic heterocycles. The van der Waals surface area contributed by atoms with Crippen LogP contribution < -0.4 is 4.90 Å². The summed E-state index contributed by atoms with van der Waals surface area (Å²) in [6, 6.07) is 7.50. The fourth-order valence-electron chi connectivity index (χ4n) is 2.85. The lowest BCUT2D eigenvalue weighted by Gasteiger charge is -2.21. The molecule has 0 fully saturated rings. The zero-order valence-electron chi connectivity index (χ0n) is 16.2. The highest BCUT2D eigenvalue weighted by molar-refractivity contribution is 7.22. The summed E-state index contributed by atoms with van der Waals surface area (Å²) in [4.78, 5) is 31.3. The van der Waals surface area contributed by atoms with Gasteiger partial charge in [0, 0.05) is 18.7 Å². The van der Waals surface area contributed by atoms with Crippen molar-refractivity contribution in [2.75, 3.05) is 32.1 Å². The molecule has 0 aliphatic rings. The summed E-state index contributed by atoms with van der Waals surface area (Å²) in [6.07, 6.45) is 0.562. The lowest BCUT2D eigenvalue weighted by molar-refractivity contribution is -0.385. The van der Waals surface area contributed by atoms with E-state index in [4.69, 9.17) is 0 Å². The number of carbonyl (C=O) groups is 1. The van der Waals surface area contributed by atoms with E-state index < -0.39 is 22.5 Å². The lowest BCUT2D eigenvalue weighted by atomic mass is 10.1. The molecule has 2 aromatic carbocycles. The predicted molar refractivity (Wildman–Crippen MR) is 115 cm³/mol. The van der Waals surface area contributed by atoms with Gasteiger partial charge < -0.3 is 4.90 Å². The van der Waals surface area contributed by atoms with Crippen molar-refractivity contribution < 1.29 is 18.5 Å². The van der Waals surface area contributed by atoms with Gasteiger partial charge in [-0.05, 0) is 39.2 Å². The van der Waals surface area contributed by atoms with Gasteiger partial charge in [0.1, 0.15) is 16.9 Å². The van der Waals surface area contributed by atoms with Crippen molar-refractivity contribution in [3.05, 3.63) is 63.7 Å². The molecule has 3 aromatic rings. The van der Waals surface area contributed by atoms with Gasteiger partial charge >= 0.3 is 0 Å². The quantitative estimate of drug-likeness (QED) is 0.386. The van der Waals surface area contributed by atoms with Crippen LogP contribution in [0.2, 0.25) is 0 Å². The van der Waals surface area contributed by atoms with Gasteiger partial charge in [-0.2, -0.15) is 0 Å². The van der Waals surface area contributed by atoms with Crippen molar-refractivity contribution in [3.8, 4) is 0 Å². The number of nitro benzene ring substituents is 1. The van der Waals surface area contributed by atoms with Crippen LogP contribution in [0.5, 0.6) is 0 Å². The van der Waals surface area contributed by atoms with Gasteiger partial charge in [-0.1, -0.05) is 23.5 Å². The molecule has 0 atom stereocenters. The summed E-state index contributed by atoms with van der Waals surface area (Å²) in [5, 5.41) is 11.5. The molecule has 160 valence electrons. The summed E-state index contributed by atoms with van der Waals surface area (Å²) in [5.41, 5.74) is -0.457. The highest BCUT2D eigenvalue weighted by atomic mass is 35.5. The number of benzene rings is 2. The molecule has 1 heterocycles. The number of thiazole rings is 1. The second kappa shape index (κ2) is 9.88. The average molecular weight is 457 g/mol. The number of halogens is 3. The molecule has 11 heteroatoms. The first kappa shape index (κ1) is 23.6. The molecule has 30 heavy (non-hydrogen) atoms. The second-order valence-corrected chi connectivity index (χ2v) is 7.63. The van der Waals surface area contributed by atoms with E-state index in [1.165, 1.54) is 29.2 Å². The van der Waals surface area contributed by atoms with Gasteiger partial charge in [0.2, 0.25) is 0 Å². The third kappa shape index (κ3) is 5.07. The van der Waals surface area contributed by atoms with Crippen molar-refractivity contribution in [3.63, 3.8) is 0 Å². The molecule has 0 saturated carbocycles. The highest BCUT2D eigenvalue weighted by Gasteiger charge is 2.27. The van der Waals surface area contributed by atoms with Crippen LogP contribution in [0.3, 0.4) is 0 Å². The Morgan fingerprint density at radius 1 is 1.20 bits per heavy atom. The Kier molecular flexibility index (Phi) is 7.77. The third-order valence-corrected chi connectivity index (χ3v) is 5.22. The Hall–Kier alpha value is -2.69. The van der Waals surface area contributed by atoms with Gasteiger partial charge in [0.15, 0.2) is 10.9 Å². The van der Waals surface area contributed by atoms with Crippen LogP contribution in [0.15, 0.2) is 36.4 Å². The van der Waals surface area contributed by atoms with Crippen molar-refractivity contribution in [1.29, 1.82) is 0 Å². The SMILES string of the molecule is CN(C)CCCN(C(=O)c1ccccc1[N+](=O)[O-])c1nc2c(F)cc(F)cc2s1.Cl. The summed E-state index contributed by atoms with van der Waals surface area (Å²) < 4.78 is 27.9. The van der Waals surface area contributed by atoms with Gasteiger partial charge in [-0.3, -0.25) is 19.8 Å². The van der Waals surface area contributed by atoms with E-state index in [0.29, 0.717) is 13.0 Å². The largest absolute Gasteiger partial charge is 0.309 e. The highest BCUT2D eigenvalue weighted by Crippen LogP contribution is 2.33. The smallest absolute Gasteiger partial charge is 0.282 e. The third-order valence-electron chi connectivity index (χ3n) is 4.20. The molecule has 0 unspecified atom stereocenters. The number of amides is 1. The van der Waals surface area contributed by atoms with Gasteiger partial charge in [-0.15, -0.1) is 12.4 Å². The molecule has 0 radical (unpaired) electrons. The maximum Gasteiger partial charge on any atom is 0.282 e. The molecule has 0 saturated heterocycles. The Labute approximate surface area is 181 Å². The summed E-state index contributed by atoms with van der Waals surface area (Å²) in [7, 11) is 3.76. The topological polar surface area (TPSA) is 79.6 Å². The minimum Gasteiger partial charge on any atom is -0.309 e. The monoisotopic (exact) mass is 456 g/mol. The second-order valence-electron chi connectivity index (χ2n) is 6.62. The zero-order valence-corrected chi connectivity index (χ0v) is 17.8. The lowest BCUT2D eigenvalue weighted by Crippen LogP contribution is -2.33. The number of aromatic nitrogens is 1.